The lowest BCUT2D eigenvalue weighted by Gasteiger charge is -2.23. The van der Waals surface area contributed by atoms with Gasteiger partial charge in [-0.3, -0.25) is 0 Å². The third kappa shape index (κ3) is 1.80. The van der Waals surface area contributed by atoms with Gasteiger partial charge in [-0.2, -0.15) is 0 Å². The van der Waals surface area contributed by atoms with Crippen molar-refractivity contribution in [3.8, 4) is 0 Å². The second-order valence-corrected chi connectivity index (χ2v) is 2.82. The van der Waals surface area contributed by atoms with E-state index in [1.165, 1.54) is 0 Å². The molecule has 0 radical (unpaired) electrons. The zero-order valence-corrected chi connectivity index (χ0v) is 6.81. The molecule has 0 spiro atoms. The van der Waals surface area contributed by atoms with Crippen molar-refractivity contribution < 1.29 is 4.74 Å². The van der Waals surface area contributed by atoms with Crippen molar-refractivity contribution in [1.82, 2.24) is 20.3 Å². The Morgan fingerprint density at radius 2 is 2.67 bits per heavy atom. The monoisotopic (exact) mass is 168 g/mol. The SMILES string of the molecule is c1cn(CC2CNCCO2)nn1. The number of ether oxygens (including phenoxy) is 1. The van der Waals surface area contributed by atoms with E-state index in [4.69, 9.17) is 4.74 Å². The fourth-order valence-corrected chi connectivity index (χ4v) is 1.28. The summed E-state index contributed by atoms with van der Waals surface area (Å²) in [6, 6.07) is 0. The van der Waals surface area contributed by atoms with Crippen LogP contribution in [0, 0.1) is 0 Å². The van der Waals surface area contributed by atoms with Crippen molar-refractivity contribution in [2.75, 3.05) is 19.7 Å². The maximum atomic E-state index is 5.50. The van der Waals surface area contributed by atoms with Gasteiger partial charge in [-0.15, -0.1) is 5.10 Å². The molecule has 1 aliphatic rings. The van der Waals surface area contributed by atoms with Crippen LogP contribution in [-0.4, -0.2) is 40.8 Å². The lowest BCUT2D eigenvalue weighted by molar-refractivity contribution is 0.0158. The molecule has 5 heteroatoms. The first-order chi connectivity index (χ1) is 5.95. The fraction of sp³-hybridized carbons (Fsp3) is 0.714. The molecule has 0 bridgehead atoms. The van der Waals surface area contributed by atoms with Gasteiger partial charge in [-0.25, -0.2) is 4.68 Å². The Balaban J connectivity index is 1.86. The van der Waals surface area contributed by atoms with Crippen LogP contribution in [0.4, 0.5) is 0 Å². The van der Waals surface area contributed by atoms with Crippen LogP contribution in [0.1, 0.15) is 0 Å². The van der Waals surface area contributed by atoms with Crippen LogP contribution >= 0.6 is 0 Å². The molecule has 1 N–H and O–H groups in total. The van der Waals surface area contributed by atoms with Gasteiger partial charge in [0.15, 0.2) is 0 Å². The van der Waals surface area contributed by atoms with Crippen molar-refractivity contribution in [2.45, 2.75) is 12.6 Å². The van der Waals surface area contributed by atoms with Gasteiger partial charge in [-0.05, 0) is 0 Å². The predicted octanol–water partition coefficient (Wildman–Crippen LogP) is -0.733. The summed E-state index contributed by atoms with van der Waals surface area (Å²) in [6.45, 7) is 3.43. The number of aromatic nitrogens is 3. The summed E-state index contributed by atoms with van der Waals surface area (Å²) in [5, 5.41) is 10.9. The Morgan fingerprint density at radius 1 is 1.67 bits per heavy atom. The molecule has 66 valence electrons. The molecular formula is C7H12N4O. The average Bonchev–Trinajstić information content (AvgIpc) is 2.59. The van der Waals surface area contributed by atoms with E-state index in [1.807, 2.05) is 6.20 Å². The molecule has 1 unspecified atom stereocenters. The van der Waals surface area contributed by atoms with Crippen molar-refractivity contribution in [2.24, 2.45) is 0 Å². The van der Waals surface area contributed by atoms with E-state index in [-0.39, 0.29) is 6.10 Å². The molecule has 2 rings (SSSR count). The first kappa shape index (κ1) is 7.70. The zero-order valence-electron chi connectivity index (χ0n) is 6.81. The summed E-state index contributed by atoms with van der Waals surface area (Å²) in [4.78, 5) is 0. The first-order valence-electron chi connectivity index (χ1n) is 4.11. The van der Waals surface area contributed by atoms with Gasteiger partial charge in [0.05, 0.1) is 25.5 Å². The van der Waals surface area contributed by atoms with Gasteiger partial charge in [-0.1, -0.05) is 5.21 Å². The van der Waals surface area contributed by atoms with Gasteiger partial charge in [0, 0.05) is 19.3 Å². The number of nitrogens with zero attached hydrogens (tertiary/aromatic N) is 3. The van der Waals surface area contributed by atoms with Crippen LogP contribution in [0.2, 0.25) is 0 Å². The normalized spacial score (nSPS) is 24.2. The lowest BCUT2D eigenvalue weighted by atomic mass is 10.3. The molecule has 0 aliphatic carbocycles. The van der Waals surface area contributed by atoms with E-state index in [0.717, 1.165) is 26.2 Å². The standard InChI is InChI=1S/C7H12N4O/c1-3-11(10-9-1)6-7-5-8-2-4-12-7/h1,3,7-8H,2,4-6H2. The van der Waals surface area contributed by atoms with Crippen molar-refractivity contribution in [3.05, 3.63) is 12.4 Å². The molecule has 0 saturated carbocycles. The van der Waals surface area contributed by atoms with Crippen LogP contribution in [0.3, 0.4) is 0 Å². The lowest BCUT2D eigenvalue weighted by Crippen LogP contribution is -2.40. The Bertz CT molecular complexity index is 217. The highest BCUT2D eigenvalue weighted by Gasteiger charge is 2.13. The molecule has 1 aliphatic heterocycles. The van der Waals surface area contributed by atoms with Gasteiger partial charge >= 0.3 is 0 Å². The quantitative estimate of drug-likeness (QED) is 0.632. The van der Waals surface area contributed by atoms with E-state index in [1.54, 1.807) is 10.9 Å². The topological polar surface area (TPSA) is 52.0 Å². The third-order valence-corrected chi connectivity index (χ3v) is 1.87. The second kappa shape index (κ2) is 3.64. The minimum atomic E-state index is 0.237. The smallest absolute Gasteiger partial charge is 0.0896 e. The maximum Gasteiger partial charge on any atom is 0.0896 e. The Hall–Kier alpha value is -0.940. The number of nitrogens with one attached hydrogen (secondary N) is 1. The molecule has 2 heterocycles. The summed E-state index contributed by atoms with van der Waals surface area (Å²) >= 11 is 0. The largest absolute Gasteiger partial charge is 0.374 e. The van der Waals surface area contributed by atoms with Crippen molar-refractivity contribution >= 4 is 0 Å². The molecule has 1 fully saturated rings. The minimum Gasteiger partial charge on any atom is -0.374 e. The summed E-state index contributed by atoms with van der Waals surface area (Å²) in [5.41, 5.74) is 0. The van der Waals surface area contributed by atoms with E-state index in [2.05, 4.69) is 15.6 Å². The van der Waals surface area contributed by atoms with Gasteiger partial charge in [0.1, 0.15) is 0 Å². The van der Waals surface area contributed by atoms with Crippen LogP contribution in [0.25, 0.3) is 0 Å². The first-order valence-corrected chi connectivity index (χ1v) is 4.11. The highest BCUT2D eigenvalue weighted by molar-refractivity contribution is 4.70. The van der Waals surface area contributed by atoms with Crippen molar-refractivity contribution in [1.29, 1.82) is 0 Å². The molecule has 1 aromatic heterocycles. The summed E-state index contributed by atoms with van der Waals surface area (Å²) in [5.74, 6) is 0. The number of hydrogen-bond donors (Lipinski definition) is 1. The van der Waals surface area contributed by atoms with E-state index < -0.39 is 0 Å². The number of hydrogen-bond acceptors (Lipinski definition) is 4. The molecule has 5 nitrogen and oxygen atoms in total. The van der Waals surface area contributed by atoms with Crippen LogP contribution in [0.5, 0.6) is 0 Å². The zero-order chi connectivity index (χ0) is 8.23. The summed E-state index contributed by atoms with van der Waals surface area (Å²) in [7, 11) is 0. The molecule has 12 heavy (non-hydrogen) atoms. The maximum absolute atomic E-state index is 5.50. The Kier molecular flexibility index (Phi) is 2.33. The Morgan fingerprint density at radius 3 is 3.33 bits per heavy atom. The van der Waals surface area contributed by atoms with Gasteiger partial charge in [0.2, 0.25) is 0 Å². The van der Waals surface area contributed by atoms with E-state index in [0.29, 0.717) is 0 Å². The molecule has 1 atom stereocenters. The molecule has 1 saturated heterocycles. The second-order valence-electron chi connectivity index (χ2n) is 2.82. The third-order valence-electron chi connectivity index (χ3n) is 1.87. The molecule has 0 amide bonds. The van der Waals surface area contributed by atoms with Crippen molar-refractivity contribution in [3.63, 3.8) is 0 Å². The minimum absolute atomic E-state index is 0.237. The van der Waals surface area contributed by atoms with Gasteiger partial charge in [0.25, 0.3) is 0 Å². The summed E-state index contributed by atoms with van der Waals surface area (Å²) < 4.78 is 7.29. The Labute approximate surface area is 70.7 Å². The van der Waals surface area contributed by atoms with Crippen LogP contribution in [-0.2, 0) is 11.3 Å². The fourth-order valence-electron chi connectivity index (χ4n) is 1.28. The molecular weight excluding hydrogens is 156 g/mol. The van der Waals surface area contributed by atoms with E-state index >= 15 is 0 Å². The molecule has 0 aromatic carbocycles. The van der Waals surface area contributed by atoms with Crippen LogP contribution in [0.15, 0.2) is 12.4 Å². The average molecular weight is 168 g/mol. The molecule has 1 aromatic rings. The highest BCUT2D eigenvalue weighted by atomic mass is 16.5. The van der Waals surface area contributed by atoms with E-state index in [9.17, 15) is 0 Å². The number of rotatable bonds is 2. The highest BCUT2D eigenvalue weighted by Crippen LogP contribution is 1.98. The summed E-state index contributed by atoms with van der Waals surface area (Å²) in [6.07, 6.45) is 3.76. The van der Waals surface area contributed by atoms with Gasteiger partial charge < -0.3 is 10.1 Å². The number of morpholine rings is 1. The van der Waals surface area contributed by atoms with Crippen LogP contribution < -0.4 is 5.32 Å². The predicted molar refractivity (Wildman–Crippen MR) is 42.6 cm³/mol.